The van der Waals surface area contributed by atoms with Gasteiger partial charge in [-0.3, -0.25) is 4.90 Å². The van der Waals surface area contributed by atoms with Crippen molar-refractivity contribution in [1.29, 1.82) is 0 Å². The second-order valence-electron chi connectivity index (χ2n) is 6.09. The van der Waals surface area contributed by atoms with Crippen molar-refractivity contribution in [2.75, 3.05) is 32.9 Å². The van der Waals surface area contributed by atoms with Gasteiger partial charge in [0, 0.05) is 12.6 Å². The number of nitrogens with zero attached hydrogens (tertiary/aromatic N) is 1. The summed E-state index contributed by atoms with van der Waals surface area (Å²) in [5, 5.41) is 0. The first-order valence-corrected chi connectivity index (χ1v) is 7.82. The highest BCUT2D eigenvalue weighted by atomic mass is 16.6. The normalized spacial score (nSPS) is 30.0. The van der Waals surface area contributed by atoms with Crippen LogP contribution < -0.4 is 15.2 Å². The molecule has 3 atom stereocenters. The van der Waals surface area contributed by atoms with Crippen LogP contribution in [0.2, 0.25) is 0 Å². The lowest BCUT2D eigenvalue weighted by Crippen LogP contribution is -2.49. The van der Waals surface area contributed by atoms with Crippen molar-refractivity contribution in [3.05, 3.63) is 23.8 Å². The lowest BCUT2D eigenvalue weighted by molar-refractivity contribution is -0.0597. The molecule has 1 aromatic rings. The summed E-state index contributed by atoms with van der Waals surface area (Å²) in [7, 11) is 0. The molecule has 0 amide bonds. The summed E-state index contributed by atoms with van der Waals surface area (Å²) >= 11 is 0. The van der Waals surface area contributed by atoms with Gasteiger partial charge in [-0.25, -0.2) is 0 Å². The fourth-order valence-corrected chi connectivity index (χ4v) is 3.54. The number of morpholine rings is 1. The highest BCUT2D eigenvalue weighted by Gasteiger charge is 2.35. The predicted octanol–water partition coefficient (Wildman–Crippen LogP) is 1.32. The Bertz CT molecular complexity index is 522. The lowest BCUT2D eigenvalue weighted by Gasteiger charge is -2.38. The molecule has 0 saturated carbocycles. The van der Waals surface area contributed by atoms with Crippen LogP contribution in [0.5, 0.6) is 11.5 Å². The molecule has 0 spiro atoms. The smallest absolute Gasteiger partial charge is 0.161 e. The molecule has 0 aliphatic carbocycles. The van der Waals surface area contributed by atoms with Crippen molar-refractivity contribution in [2.45, 2.75) is 31.0 Å². The second kappa shape index (κ2) is 5.48. The van der Waals surface area contributed by atoms with Crippen LogP contribution in [0, 0.1) is 0 Å². The van der Waals surface area contributed by atoms with E-state index in [1.165, 1.54) is 19.4 Å². The fourth-order valence-electron chi connectivity index (χ4n) is 3.54. The first-order chi connectivity index (χ1) is 10.3. The molecule has 3 unspecified atom stereocenters. The molecule has 0 radical (unpaired) electrons. The Balaban J connectivity index is 1.50. The minimum atomic E-state index is -0.123. The maximum absolute atomic E-state index is 6.44. The molecule has 0 bridgehead atoms. The van der Waals surface area contributed by atoms with E-state index in [1.807, 2.05) is 18.2 Å². The van der Waals surface area contributed by atoms with Gasteiger partial charge in [-0.1, -0.05) is 6.07 Å². The Morgan fingerprint density at radius 1 is 1.19 bits per heavy atom. The largest absolute Gasteiger partial charge is 0.486 e. The van der Waals surface area contributed by atoms with E-state index in [4.69, 9.17) is 19.9 Å². The Kier molecular flexibility index (Phi) is 3.49. The highest BCUT2D eigenvalue weighted by Crippen LogP contribution is 2.34. The SMILES string of the molecule is NC(c1ccc2c(c1)OCCO2)C1CN2CCCC2CO1. The van der Waals surface area contributed by atoms with E-state index in [2.05, 4.69) is 4.90 Å². The number of ether oxygens (including phenoxy) is 3. The van der Waals surface area contributed by atoms with Gasteiger partial charge in [0.2, 0.25) is 0 Å². The van der Waals surface area contributed by atoms with E-state index in [-0.39, 0.29) is 12.1 Å². The zero-order valence-corrected chi connectivity index (χ0v) is 12.2. The number of hydrogen-bond donors (Lipinski definition) is 1. The maximum Gasteiger partial charge on any atom is 0.161 e. The van der Waals surface area contributed by atoms with Crippen LogP contribution in [0.25, 0.3) is 0 Å². The van der Waals surface area contributed by atoms with Crippen LogP contribution in [0.4, 0.5) is 0 Å². The van der Waals surface area contributed by atoms with Gasteiger partial charge < -0.3 is 19.9 Å². The highest BCUT2D eigenvalue weighted by molar-refractivity contribution is 5.44. The van der Waals surface area contributed by atoms with Crippen molar-refractivity contribution in [1.82, 2.24) is 4.90 Å². The number of hydrogen-bond acceptors (Lipinski definition) is 5. The monoisotopic (exact) mass is 290 g/mol. The molecule has 5 heteroatoms. The van der Waals surface area contributed by atoms with Gasteiger partial charge in [0.25, 0.3) is 0 Å². The summed E-state index contributed by atoms with van der Waals surface area (Å²) in [4.78, 5) is 2.52. The number of benzene rings is 1. The molecule has 3 aliphatic heterocycles. The molecule has 21 heavy (non-hydrogen) atoms. The topological polar surface area (TPSA) is 57.0 Å². The van der Waals surface area contributed by atoms with E-state index in [0.29, 0.717) is 19.3 Å². The summed E-state index contributed by atoms with van der Waals surface area (Å²) in [6.07, 6.45) is 2.59. The summed E-state index contributed by atoms with van der Waals surface area (Å²) < 4.78 is 17.2. The van der Waals surface area contributed by atoms with E-state index >= 15 is 0 Å². The second-order valence-corrected chi connectivity index (χ2v) is 6.09. The minimum Gasteiger partial charge on any atom is -0.486 e. The molecule has 2 saturated heterocycles. The molecule has 3 aliphatic rings. The summed E-state index contributed by atoms with van der Waals surface area (Å²) in [6.45, 7) is 4.13. The summed E-state index contributed by atoms with van der Waals surface area (Å²) in [5.41, 5.74) is 7.49. The number of nitrogens with two attached hydrogens (primary N) is 1. The van der Waals surface area contributed by atoms with E-state index in [1.54, 1.807) is 0 Å². The van der Waals surface area contributed by atoms with E-state index < -0.39 is 0 Å². The average molecular weight is 290 g/mol. The minimum absolute atomic E-state index is 0.0573. The van der Waals surface area contributed by atoms with Crippen molar-refractivity contribution in [3.63, 3.8) is 0 Å². The van der Waals surface area contributed by atoms with Gasteiger partial charge in [-0.05, 0) is 37.1 Å². The average Bonchev–Trinajstić information content (AvgIpc) is 3.01. The summed E-state index contributed by atoms with van der Waals surface area (Å²) in [6, 6.07) is 6.46. The zero-order chi connectivity index (χ0) is 14.2. The third-order valence-electron chi connectivity index (χ3n) is 4.77. The van der Waals surface area contributed by atoms with Gasteiger partial charge in [0.15, 0.2) is 11.5 Å². The van der Waals surface area contributed by atoms with Crippen LogP contribution in [0.3, 0.4) is 0 Å². The van der Waals surface area contributed by atoms with Gasteiger partial charge in [0.05, 0.1) is 18.8 Å². The van der Waals surface area contributed by atoms with Crippen molar-refractivity contribution >= 4 is 0 Å². The van der Waals surface area contributed by atoms with Crippen LogP contribution in [-0.2, 0) is 4.74 Å². The number of fused-ring (bicyclic) bond motifs is 2. The maximum atomic E-state index is 6.44. The zero-order valence-electron chi connectivity index (χ0n) is 12.2. The molecule has 4 rings (SSSR count). The Morgan fingerprint density at radius 2 is 2.05 bits per heavy atom. The molecule has 5 nitrogen and oxygen atoms in total. The van der Waals surface area contributed by atoms with Crippen LogP contribution in [-0.4, -0.2) is 50.0 Å². The standard InChI is InChI=1S/C16H22N2O3/c17-16(15-9-18-5-1-2-12(18)10-21-15)11-3-4-13-14(8-11)20-7-6-19-13/h3-4,8,12,15-16H,1-2,5-7,9-10,17H2. The number of rotatable bonds is 2. The molecular formula is C16H22N2O3. The van der Waals surface area contributed by atoms with Gasteiger partial charge in [-0.2, -0.15) is 0 Å². The van der Waals surface area contributed by atoms with Crippen molar-refractivity contribution < 1.29 is 14.2 Å². The quantitative estimate of drug-likeness (QED) is 0.890. The molecule has 3 heterocycles. The molecule has 1 aromatic carbocycles. The Labute approximate surface area is 125 Å². The van der Waals surface area contributed by atoms with E-state index in [9.17, 15) is 0 Å². The third kappa shape index (κ3) is 2.50. The fraction of sp³-hybridized carbons (Fsp3) is 0.625. The van der Waals surface area contributed by atoms with Crippen LogP contribution in [0.1, 0.15) is 24.4 Å². The van der Waals surface area contributed by atoms with E-state index in [0.717, 1.165) is 30.2 Å². The predicted molar refractivity (Wildman–Crippen MR) is 78.7 cm³/mol. The van der Waals surface area contributed by atoms with Crippen LogP contribution >= 0.6 is 0 Å². The first kappa shape index (κ1) is 13.4. The summed E-state index contributed by atoms with van der Waals surface area (Å²) in [5.74, 6) is 1.60. The van der Waals surface area contributed by atoms with Gasteiger partial charge in [-0.15, -0.1) is 0 Å². The Hall–Kier alpha value is -1.30. The van der Waals surface area contributed by atoms with Gasteiger partial charge in [0.1, 0.15) is 13.2 Å². The van der Waals surface area contributed by atoms with Crippen LogP contribution in [0.15, 0.2) is 18.2 Å². The first-order valence-electron chi connectivity index (χ1n) is 7.82. The van der Waals surface area contributed by atoms with Crippen molar-refractivity contribution in [2.24, 2.45) is 5.73 Å². The van der Waals surface area contributed by atoms with Gasteiger partial charge >= 0.3 is 0 Å². The molecule has 2 fully saturated rings. The molecular weight excluding hydrogens is 268 g/mol. The third-order valence-corrected chi connectivity index (χ3v) is 4.77. The lowest BCUT2D eigenvalue weighted by atomic mass is 9.99. The molecule has 2 N–H and O–H groups in total. The molecule has 114 valence electrons. The Morgan fingerprint density at radius 3 is 2.95 bits per heavy atom. The van der Waals surface area contributed by atoms with Crippen molar-refractivity contribution in [3.8, 4) is 11.5 Å². The molecule has 0 aromatic heterocycles.